The molecule has 3 aromatic heterocycles. The lowest BCUT2D eigenvalue weighted by atomic mass is 10.2. The highest BCUT2D eigenvalue weighted by Crippen LogP contribution is 2.26. The topological polar surface area (TPSA) is 76.4 Å². The maximum atomic E-state index is 11.6. The van der Waals surface area contributed by atoms with E-state index in [4.69, 9.17) is 0 Å². The summed E-state index contributed by atoms with van der Waals surface area (Å²) in [6, 6.07) is 7.56. The molecule has 2 amide bonds. The van der Waals surface area contributed by atoms with E-state index in [1.54, 1.807) is 24.7 Å². The van der Waals surface area contributed by atoms with Crippen molar-refractivity contribution in [3.8, 4) is 11.3 Å². The fraction of sp³-hybridized carbons (Fsp3) is 0. The Bertz CT molecular complexity index is 963. The molecule has 1 aliphatic heterocycles. The third-order valence-corrected chi connectivity index (χ3v) is 4.25. The minimum absolute atomic E-state index is 0.345. The molecule has 3 aromatic rings. The molecular weight excluding hydrogens is 312 g/mol. The second-order valence-electron chi connectivity index (χ2n) is 4.92. The van der Waals surface area contributed by atoms with Gasteiger partial charge in [0.2, 0.25) is 0 Å². The second kappa shape index (κ2) is 5.36. The number of nitrogens with zero attached hydrogens (tertiary/aromatic N) is 3. The zero-order valence-electron chi connectivity index (χ0n) is 11.8. The average molecular weight is 322 g/mol. The van der Waals surface area contributed by atoms with Crippen LogP contribution >= 0.6 is 11.8 Å². The van der Waals surface area contributed by atoms with Crippen molar-refractivity contribution in [2.45, 2.75) is 0 Å². The van der Waals surface area contributed by atoms with Crippen LogP contribution in [0.5, 0.6) is 0 Å². The Morgan fingerprint density at radius 2 is 1.96 bits per heavy atom. The van der Waals surface area contributed by atoms with Crippen molar-refractivity contribution >= 4 is 34.6 Å². The molecule has 7 heteroatoms. The number of rotatable bonds is 2. The van der Waals surface area contributed by atoms with E-state index >= 15 is 0 Å². The number of amides is 2. The fourth-order valence-electron chi connectivity index (χ4n) is 2.39. The van der Waals surface area contributed by atoms with Crippen LogP contribution in [0.2, 0.25) is 0 Å². The van der Waals surface area contributed by atoms with E-state index in [1.165, 1.54) is 0 Å². The number of thioether (sulfide) groups is 1. The van der Waals surface area contributed by atoms with Gasteiger partial charge in [-0.15, -0.1) is 0 Å². The molecule has 1 fully saturated rings. The summed E-state index contributed by atoms with van der Waals surface area (Å²) in [6.45, 7) is 0. The lowest BCUT2D eigenvalue weighted by Gasteiger charge is -2.03. The number of imidazole rings is 1. The molecule has 0 atom stereocenters. The van der Waals surface area contributed by atoms with Crippen molar-refractivity contribution in [3.63, 3.8) is 0 Å². The van der Waals surface area contributed by atoms with E-state index in [9.17, 15) is 9.59 Å². The highest BCUT2D eigenvalue weighted by Gasteiger charge is 2.24. The molecule has 0 spiro atoms. The summed E-state index contributed by atoms with van der Waals surface area (Å²) in [6.07, 6.45) is 8.84. The van der Waals surface area contributed by atoms with Gasteiger partial charge in [-0.05, 0) is 47.7 Å². The van der Waals surface area contributed by atoms with E-state index < -0.39 is 0 Å². The molecule has 1 aliphatic rings. The van der Waals surface area contributed by atoms with E-state index in [0.717, 1.165) is 34.2 Å². The van der Waals surface area contributed by atoms with Gasteiger partial charge in [0.05, 0.1) is 16.8 Å². The number of imide groups is 1. The van der Waals surface area contributed by atoms with Crippen LogP contribution in [0.1, 0.15) is 5.56 Å². The van der Waals surface area contributed by atoms with Gasteiger partial charge in [-0.3, -0.25) is 24.3 Å². The summed E-state index contributed by atoms with van der Waals surface area (Å²) < 4.78 is 1.95. The standard InChI is InChI=1S/C16H10N4O2S/c21-15-13(23-16(22)19-15)7-10-1-2-14-18-8-12(20(14)9-10)11-3-5-17-6-4-11/h1-9H,(H,19,21,22). The van der Waals surface area contributed by atoms with Gasteiger partial charge in [-0.1, -0.05) is 0 Å². The zero-order valence-corrected chi connectivity index (χ0v) is 12.6. The lowest BCUT2D eigenvalue weighted by molar-refractivity contribution is -0.115. The first kappa shape index (κ1) is 13.7. The van der Waals surface area contributed by atoms with E-state index in [2.05, 4.69) is 15.3 Å². The number of carbonyl (C=O) groups excluding carboxylic acids is 2. The molecule has 1 N–H and O–H groups in total. The summed E-state index contributed by atoms with van der Waals surface area (Å²) in [5.74, 6) is -0.361. The molecule has 0 unspecified atom stereocenters. The largest absolute Gasteiger partial charge is 0.299 e. The molecule has 4 heterocycles. The first-order chi connectivity index (χ1) is 11.2. The lowest BCUT2D eigenvalue weighted by Crippen LogP contribution is -2.17. The molecule has 0 aromatic carbocycles. The van der Waals surface area contributed by atoms with Gasteiger partial charge >= 0.3 is 0 Å². The summed E-state index contributed by atoms with van der Waals surface area (Å²) in [7, 11) is 0. The summed E-state index contributed by atoms with van der Waals surface area (Å²) >= 11 is 0.905. The predicted molar refractivity (Wildman–Crippen MR) is 87.5 cm³/mol. The van der Waals surface area contributed by atoms with Gasteiger partial charge in [-0.25, -0.2) is 4.98 Å². The van der Waals surface area contributed by atoms with Gasteiger partial charge in [0.1, 0.15) is 5.65 Å². The number of nitrogens with one attached hydrogen (secondary N) is 1. The minimum Gasteiger partial charge on any atom is -0.299 e. The maximum Gasteiger partial charge on any atom is 0.290 e. The van der Waals surface area contributed by atoms with Crippen LogP contribution in [-0.2, 0) is 4.79 Å². The van der Waals surface area contributed by atoms with Crippen molar-refractivity contribution < 1.29 is 9.59 Å². The Kier molecular flexibility index (Phi) is 3.20. The minimum atomic E-state index is -0.361. The zero-order chi connectivity index (χ0) is 15.8. The number of hydrogen-bond acceptors (Lipinski definition) is 5. The molecule has 0 bridgehead atoms. The Balaban J connectivity index is 1.80. The smallest absolute Gasteiger partial charge is 0.290 e. The Hall–Kier alpha value is -2.93. The highest BCUT2D eigenvalue weighted by atomic mass is 32.2. The van der Waals surface area contributed by atoms with E-state index in [0.29, 0.717) is 4.91 Å². The molecule has 23 heavy (non-hydrogen) atoms. The third kappa shape index (κ3) is 2.51. The van der Waals surface area contributed by atoms with Gasteiger partial charge in [0.15, 0.2) is 0 Å². The normalized spacial score (nSPS) is 16.3. The Morgan fingerprint density at radius 3 is 2.70 bits per heavy atom. The molecule has 112 valence electrons. The molecule has 0 radical (unpaired) electrons. The van der Waals surface area contributed by atoms with Gasteiger partial charge in [0.25, 0.3) is 11.1 Å². The molecular formula is C16H10N4O2S. The summed E-state index contributed by atoms with van der Waals surface area (Å²) in [5, 5.41) is 1.90. The SMILES string of the molecule is O=C1NC(=O)C(=Cc2ccc3ncc(-c4ccncc4)n3c2)S1. The quantitative estimate of drug-likeness (QED) is 0.734. The number of fused-ring (bicyclic) bond motifs is 1. The monoisotopic (exact) mass is 322 g/mol. The van der Waals surface area contributed by atoms with Crippen molar-refractivity contribution in [1.82, 2.24) is 19.7 Å². The van der Waals surface area contributed by atoms with Crippen LogP contribution in [0.15, 0.2) is 54.0 Å². The molecule has 0 saturated carbocycles. The van der Waals surface area contributed by atoms with Crippen LogP contribution < -0.4 is 5.32 Å². The number of aromatic nitrogens is 3. The van der Waals surface area contributed by atoms with E-state index in [1.807, 2.05) is 34.9 Å². The first-order valence-electron chi connectivity index (χ1n) is 6.83. The highest BCUT2D eigenvalue weighted by molar-refractivity contribution is 8.18. The van der Waals surface area contributed by atoms with Crippen LogP contribution in [0.4, 0.5) is 4.79 Å². The van der Waals surface area contributed by atoms with Gasteiger partial charge in [-0.2, -0.15) is 0 Å². The molecule has 0 aliphatic carbocycles. The van der Waals surface area contributed by atoms with Crippen molar-refractivity contribution in [2.75, 3.05) is 0 Å². The Labute approximate surface area is 135 Å². The van der Waals surface area contributed by atoms with Crippen LogP contribution in [0, 0.1) is 0 Å². The third-order valence-electron chi connectivity index (χ3n) is 3.44. The van der Waals surface area contributed by atoms with Gasteiger partial charge < -0.3 is 0 Å². The van der Waals surface area contributed by atoms with Gasteiger partial charge in [0, 0.05) is 24.2 Å². The predicted octanol–water partition coefficient (Wildman–Crippen LogP) is 2.72. The molecule has 6 nitrogen and oxygen atoms in total. The fourth-order valence-corrected chi connectivity index (χ4v) is 3.07. The van der Waals surface area contributed by atoms with Crippen molar-refractivity contribution in [3.05, 3.63) is 59.5 Å². The van der Waals surface area contributed by atoms with Crippen LogP contribution in [-0.4, -0.2) is 25.5 Å². The van der Waals surface area contributed by atoms with Crippen molar-refractivity contribution in [2.24, 2.45) is 0 Å². The number of pyridine rings is 2. The maximum absolute atomic E-state index is 11.6. The molecule has 4 rings (SSSR count). The van der Waals surface area contributed by atoms with Crippen LogP contribution in [0.25, 0.3) is 23.0 Å². The van der Waals surface area contributed by atoms with Crippen molar-refractivity contribution in [1.29, 1.82) is 0 Å². The van der Waals surface area contributed by atoms with E-state index in [-0.39, 0.29) is 11.1 Å². The number of carbonyl (C=O) groups is 2. The Morgan fingerprint density at radius 1 is 1.13 bits per heavy atom. The second-order valence-corrected chi connectivity index (χ2v) is 5.94. The molecule has 1 saturated heterocycles. The average Bonchev–Trinajstić information content (AvgIpc) is 3.11. The summed E-state index contributed by atoms with van der Waals surface area (Å²) in [4.78, 5) is 31.7. The first-order valence-corrected chi connectivity index (χ1v) is 7.65. The summed E-state index contributed by atoms with van der Waals surface area (Å²) in [5.41, 5.74) is 3.56. The number of hydrogen-bond donors (Lipinski definition) is 1. The van der Waals surface area contributed by atoms with Crippen LogP contribution in [0.3, 0.4) is 0 Å².